The fraction of sp³-hybridized carbons (Fsp3) is 0.579. The fourth-order valence-electron chi connectivity index (χ4n) is 3.00. The monoisotopic (exact) mass is 350 g/mol. The summed E-state index contributed by atoms with van der Waals surface area (Å²) in [4.78, 5) is 24.0. The smallest absolute Gasteiger partial charge is 0.337 e. The zero-order valence-electron chi connectivity index (χ0n) is 15.1. The minimum Gasteiger partial charge on any atom is -0.455 e. The number of ether oxygens (including phenoxy) is 2. The van der Waals surface area contributed by atoms with E-state index >= 15 is 0 Å². The molecule has 0 radical (unpaired) electrons. The molecule has 2 N–H and O–H groups in total. The topological polar surface area (TPSA) is 93.1 Å². The summed E-state index contributed by atoms with van der Waals surface area (Å²) in [5, 5.41) is 22.0. The van der Waals surface area contributed by atoms with E-state index in [9.17, 15) is 19.8 Å². The van der Waals surface area contributed by atoms with Gasteiger partial charge in [0.05, 0.1) is 11.5 Å². The maximum absolute atomic E-state index is 12.1. The second-order valence-corrected chi connectivity index (χ2v) is 7.09. The molecule has 1 fully saturated rings. The van der Waals surface area contributed by atoms with Crippen LogP contribution in [-0.2, 0) is 19.1 Å². The molecule has 0 amide bonds. The van der Waals surface area contributed by atoms with Crippen LogP contribution in [0, 0.1) is 5.92 Å². The first-order valence-electron chi connectivity index (χ1n) is 8.44. The Kier molecular flexibility index (Phi) is 5.54. The summed E-state index contributed by atoms with van der Waals surface area (Å²) in [5.41, 5.74) is -0.782. The Balaban J connectivity index is 2.50. The molecule has 2 rings (SSSR count). The van der Waals surface area contributed by atoms with Gasteiger partial charge in [0.25, 0.3) is 0 Å². The van der Waals surface area contributed by atoms with E-state index < -0.39 is 41.8 Å². The van der Waals surface area contributed by atoms with Gasteiger partial charge in [-0.15, -0.1) is 0 Å². The Morgan fingerprint density at radius 1 is 1.44 bits per heavy atom. The van der Waals surface area contributed by atoms with Crippen LogP contribution in [0.15, 0.2) is 35.5 Å². The van der Waals surface area contributed by atoms with Gasteiger partial charge in [-0.05, 0) is 38.3 Å². The summed E-state index contributed by atoms with van der Waals surface area (Å²) in [5.74, 6) is -1.67. The Bertz CT molecular complexity index is 644. The van der Waals surface area contributed by atoms with Crippen LogP contribution in [-0.4, -0.2) is 46.1 Å². The highest BCUT2D eigenvalue weighted by Crippen LogP contribution is 2.39. The Morgan fingerprint density at radius 3 is 2.68 bits per heavy atom. The maximum Gasteiger partial charge on any atom is 0.337 e. The van der Waals surface area contributed by atoms with Crippen molar-refractivity contribution in [3.63, 3.8) is 0 Å². The van der Waals surface area contributed by atoms with E-state index in [1.54, 1.807) is 26.8 Å². The summed E-state index contributed by atoms with van der Waals surface area (Å²) in [6, 6.07) is 0. The van der Waals surface area contributed by atoms with Crippen molar-refractivity contribution in [2.24, 2.45) is 5.92 Å². The van der Waals surface area contributed by atoms with Crippen molar-refractivity contribution in [1.82, 2.24) is 0 Å². The third-order valence-corrected chi connectivity index (χ3v) is 4.74. The summed E-state index contributed by atoms with van der Waals surface area (Å²) in [6.45, 7) is 10.5. The highest BCUT2D eigenvalue weighted by Gasteiger charge is 2.58. The Hall–Kier alpha value is -1.92. The third kappa shape index (κ3) is 3.55. The molecule has 0 saturated carbocycles. The molecule has 1 saturated heterocycles. The van der Waals surface area contributed by atoms with E-state index in [2.05, 4.69) is 6.58 Å². The van der Waals surface area contributed by atoms with Crippen LogP contribution in [0.25, 0.3) is 0 Å². The highest BCUT2D eigenvalue weighted by atomic mass is 16.6. The van der Waals surface area contributed by atoms with Crippen LogP contribution in [0.4, 0.5) is 0 Å². The van der Waals surface area contributed by atoms with Crippen molar-refractivity contribution in [2.75, 3.05) is 0 Å². The van der Waals surface area contributed by atoms with Crippen molar-refractivity contribution < 1.29 is 29.3 Å². The van der Waals surface area contributed by atoms with Crippen molar-refractivity contribution >= 4 is 11.9 Å². The van der Waals surface area contributed by atoms with E-state index in [1.807, 2.05) is 13.0 Å². The van der Waals surface area contributed by atoms with Crippen LogP contribution >= 0.6 is 0 Å². The fourth-order valence-corrected chi connectivity index (χ4v) is 3.00. The van der Waals surface area contributed by atoms with Gasteiger partial charge in [-0.3, -0.25) is 4.79 Å². The lowest BCUT2D eigenvalue weighted by Crippen LogP contribution is -2.56. The standard InChI is InChI=1S/C19H26O6/c1-10(2)17(21)25-15-12(4)8-6-7-11(3)9-14-19(23,16(15)20)13(5)18(22)24-14/h8-10,14-16,20,23H,5-7H2,1-4H3/b11-9?,12-8-/t14-,15-,16+,19-/m1/s1. The summed E-state index contributed by atoms with van der Waals surface area (Å²) in [6.07, 6.45) is 1.09. The quantitative estimate of drug-likeness (QED) is 0.448. The van der Waals surface area contributed by atoms with Gasteiger partial charge >= 0.3 is 11.9 Å². The van der Waals surface area contributed by atoms with E-state index in [1.165, 1.54) is 0 Å². The van der Waals surface area contributed by atoms with Crippen LogP contribution in [0.3, 0.4) is 0 Å². The number of fused-ring (bicyclic) bond motifs is 1. The predicted octanol–water partition coefficient (Wildman–Crippen LogP) is 1.81. The molecule has 1 aliphatic carbocycles. The van der Waals surface area contributed by atoms with Crippen LogP contribution in [0.1, 0.15) is 40.5 Å². The molecule has 0 aromatic rings. The van der Waals surface area contributed by atoms with E-state index in [-0.39, 0.29) is 5.57 Å². The first-order valence-corrected chi connectivity index (χ1v) is 8.44. The lowest BCUT2D eigenvalue weighted by Gasteiger charge is -2.37. The number of rotatable bonds is 2. The van der Waals surface area contributed by atoms with Gasteiger partial charge in [-0.25, -0.2) is 4.79 Å². The molecule has 0 aromatic heterocycles. The first kappa shape index (κ1) is 19.4. The van der Waals surface area contributed by atoms with Gasteiger partial charge in [-0.1, -0.05) is 32.1 Å². The number of aliphatic hydroxyl groups excluding tert-OH is 1. The molecule has 2 aliphatic rings. The van der Waals surface area contributed by atoms with Gasteiger partial charge < -0.3 is 19.7 Å². The molecule has 6 heteroatoms. The average molecular weight is 350 g/mol. The second-order valence-electron chi connectivity index (χ2n) is 7.09. The minimum atomic E-state index is -2.06. The molecule has 4 atom stereocenters. The molecule has 138 valence electrons. The van der Waals surface area contributed by atoms with Gasteiger partial charge in [0, 0.05) is 0 Å². The number of hydrogen-bond donors (Lipinski definition) is 2. The molecule has 0 aromatic carbocycles. The third-order valence-electron chi connectivity index (χ3n) is 4.74. The molecule has 1 aliphatic heterocycles. The number of carbonyl (C=O) groups is 2. The summed E-state index contributed by atoms with van der Waals surface area (Å²) < 4.78 is 10.7. The summed E-state index contributed by atoms with van der Waals surface area (Å²) >= 11 is 0. The largest absolute Gasteiger partial charge is 0.455 e. The summed E-state index contributed by atoms with van der Waals surface area (Å²) in [7, 11) is 0. The van der Waals surface area contributed by atoms with Gasteiger partial charge in [0.1, 0.15) is 6.10 Å². The van der Waals surface area contributed by atoms with Crippen molar-refractivity contribution in [2.45, 2.75) is 64.4 Å². The zero-order chi connectivity index (χ0) is 18.9. The molecule has 0 spiro atoms. The first-order chi connectivity index (χ1) is 11.6. The number of aliphatic hydroxyl groups is 2. The molecule has 1 heterocycles. The molecule has 25 heavy (non-hydrogen) atoms. The van der Waals surface area contributed by atoms with Gasteiger partial charge in [-0.2, -0.15) is 0 Å². The zero-order valence-corrected chi connectivity index (χ0v) is 15.1. The molecule has 0 bridgehead atoms. The molecular formula is C19H26O6. The SMILES string of the molecule is C=C1C(=O)O[C@@H]2C=C(C)CC/C=C(/C)[C@@H](OC(=O)C(C)C)[C@H](O)[C@@]12O. The Labute approximate surface area is 147 Å². The van der Waals surface area contributed by atoms with Crippen molar-refractivity contribution in [3.05, 3.63) is 35.5 Å². The lowest BCUT2D eigenvalue weighted by molar-refractivity contribution is -0.170. The van der Waals surface area contributed by atoms with Gasteiger partial charge in [0.15, 0.2) is 17.8 Å². The molecule has 0 unspecified atom stereocenters. The van der Waals surface area contributed by atoms with E-state index in [4.69, 9.17) is 9.47 Å². The number of allylic oxidation sites excluding steroid dienone is 2. The van der Waals surface area contributed by atoms with E-state index in [0.29, 0.717) is 18.4 Å². The van der Waals surface area contributed by atoms with E-state index in [0.717, 1.165) is 5.57 Å². The maximum atomic E-state index is 12.1. The number of hydrogen-bond acceptors (Lipinski definition) is 6. The minimum absolute atomic E-state index is 0.243. The van der Waals surface area contributed by atoms with Crippen LogP contribution < -0.4 is 0 Å². The predicted molar refractivity (Wildman–Crippen MR) is 91.4 cm³/mol. The molecule has 6 nitrogen and oxygen atoms in total. The van der Waals surface area contributed by atoms with Crippen LogP contribution in [0.5, 0.6) is 0 Å². The van der Waals surface area contributed by atoms with Gasteiger partial charge in [0.2, 0.25) is 0 Å². The van der Waals surface area contributed by atoms with Crippen molar-refractivity contribution in [3.8, 4) is 0 Å². The molecular weight excluding hydrogens is 324 g/mol. The number of esters is 2. The lowest BCUT2D eigenvalue weighted by atomic mass is 9.79. The second kappa shape index (κ2) is 7.14. The van der Waals surface area contributed by atoms with Crippen molar-refractivity contribution in [1.29, 1.82) is 0 Å². The average Bonchev–Trinajstić information content (AvgIpc) is 2.75. The number of carbonyl (C=O) groups excluding carboxylic acids is 2. The Morgan fingerprint density at radius 2 is 2.08 bits per heavy atom. The highest BCUT2D eigenvalue weighted by molar-refractivity contribution is 5.93. The normalized spacial score (nSPS) is 35.4. The van der Waals surface area contributed by atoms with Crippen LogP contribution in [0.2, 0.25) is 0 Å².